The smallest absolute Gasteiger partial charge is 0.326 e. The highest BCUT2D eigenvalue weighted by molar-refractivity contribution is 9.10. The summed E-state index contributed by atoms with van der Waals surface area (Å²) in [5.41, 5.74) is 0.703. The Bertz CT molecular complexity index is 476. The Morgan fingerprint density at radius 3 is 2.68 bits per heavy atom. The lowest BCUT2D eigenvalue weighted by Crippen LogP contribution is -2.41. The molecule has 1 amide bonds. The standard InChI is InChI=1S/C13H16BrNO4/c1-3-10(13(17)18)15-12(16)7-8-6-9(14)4-5-11(8)19-2/h4-6,10H,3,7H2,1-2H3,(H,15,16)(H,17,18). The maximum absolute atomic E-state index is 11.8. The Labute approximate surface area is 120 Å². The number of carbonyl (C=O) groups excluding carboxylic acids is 1. The van der Waals surface area contributed by atoms with Crippen LogP contribution in [0.25, 0.3) is 0 Å². The van der Waals surface area contributed by atoms with Crippen LogP contribution in [0, 0.1) is 0 Å². The van der Waals surface area contributed by atoms with Crippen LogP contribution >= 0.6 is 15.9 Å². The highest BCUT2D eigenvalue weighted by Crippen LogP contribution is 2.23. The van der Waals surface area contributed by atoms with Crippen LogP contribution in [0.3, 0.4) is 0 Å². The first kappa shape index (κ1) is 15.5. The predicted octanol–water partition coefficient (Wildman–Crippen LogP) is 1.98. The van der Waals surface area contributed by atoms with Crippen LogP contribution in [-0.2, 0) is 16.0 Å². The van der Waals surface area contributed by atoms with E-state index in [0.717, 1.165) is 4.47 Å². The van der Waals surface area contributed by atoms with E-state index in [1.165, 1.54) is 7.11 Å². The Kier molecular flexibility index (Phi) is 5.82. The Morgan fingerprint density at radius 2 is 2.16 bits per heavy atom. The second kappa shape index (κ2) is 7.13. The molecule has 104 valence electrons. The molecule has 0 saturated heterocycles. The summed E-state index contributed by atoms with van der Waals surface area (Å²) >= 11 is 3.32. The SMILES string of the molecule is CCC(NC(=O)Cc1cc(Br)ccc1OC)C(=O)O. The predicted molar refractivity (Wildman–Crippen MR) is 74.3 cm³/mol. The minimum absolute atomic E-state index is 0.0758. The number of methoxy groups -OCH3 is 1. The number of hydrogen-bond donors (Lipinski definition) is 2. The van der Waals surface area contributed by atoms with Gasteiger partial charge < -0.3 is 15.2 Å². The van der Waals surface area contributed by atoms with Crippen molar-refractivity contribution < 1.29 is 19.4 Å². The summed E-state index contributed by atoms with van der Waals surface area (Å²) in [6.45, 7) is 1.71. The van der Waals surface area contributed by atoms with Gasteiger partial charge in [-0.2, -0.15) is 0 Å². The lowest BCUT2D eigenvalue weighted by atomic mass is 10.1. The van der Waals surface area contributed by atoms with Gasteiger partial charge in [0.1, 0.15) is 11.8 Å². The highest BCUT2D eigenvalue weighted by atomic mass is 79.9. The van der Waals surface area contributed by atoms with Gasteiger partial charge >= 0.3 is 5.97 Å². The van der Waals surface area contributed by atoms with Gasteiger partial charge in [-0.3, -0.25) is 4.79 Å². The zero-order chi connectivity index (χ0) is 14.4. The molecule has 1 aromatic rings. The average Bonchev–Trinajstić information content (AvgIpc) is 2.35. The van der Waals surface area contributed by atoms with E-state index in [2.05, 4.69) is 21.2 Å². The lowest BCUT2D eigenvalue weighted by molar-refractivity contribution is -0.141. The van der Waals surface area contributed by atoms with Crippen molar-refractivity contribution in [2.75, 3.05) is 7.11 Å². The van der Waals surface area contributed by atoms with Gasteiger partial charge in [-0.1, -0.05) is 22.9 Å². The van der Waals surface area contributed by atoms with Crippen molar-refractivity contribution in [2.24, 2.45) is 0 Å². The minimum atomic E-state index is -1.03. The van der Waals surface area contributed by atoms with E-state index >= 15 is 0 Å². The quantitative estimate of drug-likeness (QED) is 0.836. The van der Waals surface area contributed by atoms with E-state index in [-0.39, 0.29) is 12.3 Å². The van der Waals surface area contributed by atoms with E-state index in [0.29, 0.717) is 17.7 Å². The number of ether oxygens (including phenoxy) is 1. The van der Waals surface area contributed by atoms with Crippen LogP contribution in [0.1, 0.15) is 18.9 Å². The van der Waals surface area contributed by atoms with Gasteiger partial charge in [0.15, 0.2) is 0 Å². The van der Waals surface area contributed by atoms with Gasteiger partial charge in [0.25, 0.3) is 0 Å². The van der Waals surface area contributed by atoms with Gasteiger partial charge in [-0.05, 0) is 24.6 Å². The summed E-state index contributed by atoms with van der Waals surface area (Å²) in [7, 11) is 1.52. The molecule has 0 aliphatic carbocycles. The lowest BCUT2D eigenvalue weighted by Gasteiger charge is -2.13. The van der Waals surface area contributed by atoms with E-state index in [1.807, 2.05) is 6.07 Å². The van der Waals surface area contributed by atoms with E-state index in [9.17, 15) is 9.59 Å². The molecule has 0 aromatic heterocycles. The Balaban J connectivity index is 2.76. The number of carboxylic acid groups (broad SMARTS) is 1. The second-order valence-electron chi connectivity index (χ2n) is 4.00. The van der Waals surface area contributed by atoms with Crippen molar-refractivity contribution in [3.8, 4) is 5.75 Å². The van der Waals surface area contributed by atoms with Crippen LogP contribution in [0.5, 0.6) is 5.75 Å². The third kappa shape index (κ3) is 4.55. The molecule has 0 saturated carbocycles. The number of carbonyl (C=O) groups is 2. The first-order chi connectivity index (χ1) is 8.97. The number of aliphatic carboxylic acids is 1. The topological polar surface area (TPSA) is 75.6 Å². The Hall–Kier alpha value is -1.56. The molecule has 6 heteroatoms. The maximum Gasteiger partial charge on any atom is 0.326 e. The first-order valence-electron chi connectivity index (χ1n) is 5.82. The number of carboxylic acids is 1. The van der Waals surface area contributed by atoms with Gasteiger partial charge in [0.2, 0.25) is 5.91 Å². The largest absolute Gasteiger partial charge is 0.496 e. The molecular formula is C13H16BrNO4. The fraction of sp³-hybridized carbons (Fsp3) is 0.385. The third-order valence-corrected chi connectivity index (χ3v) is 3.13. The van der Waals surface area contributed by atoms with Gasteiger partial charge in [-0.25, -0.2) is 4.79 Å². The molecule has 0 heterocycles. The minimum Gasteiger partial charge on any atom is -0.496 e. The van der Waals surface area contributed by atoms with Crippen molar-refractivity contribution in [3.63, 3.8) is 0 Å². The van der Waals surface area contributed by atoms with Crippen LogP contribution in [-0.4, -0.2) is 30.1 Å². The molecule has 0 spiro atoms. The van der Waals surface area contributed by atoms with Crippen LogP contribution < -0.4 is 10.1 Å². The summed E-state index contributed by atoms with van der Waals surface area (Å²) in [6.07, 6.45) is 0.420. The van der Waals surface area contributed by atoms with Crippen LogP contribution in [0.2, 0.25) is 0 Å². The molecule has 19 heavy (non-hydrogen) atoms. The molecular weight excluding hydrogens is 314 g/mol. The molecule has 1 unspecified atom stereocenters. The molecule has 1 atom stereocenters. The summed E-state index contributed by atoms with van der Waals surface area (Å²) in [5, 5.41) is 11.4. The summed E-state index contributed by atoms with van der Waals surface area (Å²) in [5.74, 6) is -0.774. The molecule has 1 rings (SSSR count). The van der Waals surface area contributed by atoms with E-state index < -0.39 is 12.0 Å². The molecule has 0 aliphatic heterocycles. The number of rotatable bonds is 6. The molecule has 5 nitrogen and oxygen atoms in total. The van der Waals surface area contributed by atoms with E-state index in [4.69, 9.17) is 9.84 Å². The number of halogens is 1. The third-order valence-electron chi connectivity index (χ3n) is 2.64. The van der Waals surface area contributed by atoms with E-state index in [1.54, 1.807) is 19.1 Å². The van der Waals surface area contributed by atoms with Gasteiger partial charge in [0.05, 0.1) is 13.5 Å². The normalized spacial score (nSPS) is 11.7. The number of nitrogens with one attached hydrogen (secondary N) is 1. The number of hydrogen-bond acceptors (Lipinski definition) is 3. The maximum atomic E-state index is 11.8. The van der Waals surface area contributed by atoms with Gasteiger partial charge in [0, 0.05) is 10.0 Å². The molecule has 0 fully saturated rings. The summed E-state index contributed by atoms with van der Waals surface area (Å²) in [4.78, 5) is 22.7. The molecule has 0 aliphatic rings. The average molecular weight is 330 g/mol. The van der Waals surface area contributed by atoms with Crippen molar-refractivity contribution in [3.05, 3.63) is 28.2 Å². The van der Waals surface area contributed by atoms with Gasteiger partial charge in [-0.15, -0.1) is 0 Å². The highest BCUT2D eigenvalue weighted by Gasteiger charge is 2.18. The van der Waals surface area contributed by atoms with Crippen LogP contribution in [0.15, 0.2) is 22.7 Å². The molecule has 0 radical (unpaired) electrons. The summed E-state index contributed by atoms with van der Waals surface area (Å²) in [6, 6.07) is 4.49. The van der Waals surface area contributed by atoms with Crippen molar-refractivity contribution in [1.82, 2.24) is 5.32 Å². The monoisotopic (exact) mass is 329 g/mol. The van der Waals surface area contributed by atoms with Crippen molar-refractivity contribution in [1.29, 1.82) is 0 Å². The fourth-order valence-electron chi connectivity index (χ4n) is 1.64. The fourth-order valence-corrected chi connectivity index (χ4v) is 2.05. The molecule has 0 bridgehead atoms. The molecule has 1 aromatic carbocycles. The second-order valence-corrected chi connectivity index (χ2v) is 4.92. The van der Waals surface area contributed by atoms with Crippen molar-refractivity contribution in [2.45, 2.75) is 25.8 Å². The zero-order valence-corrected chi connectivity index (χ0v) is 12.4. The summed E-state index contributed by atoms with van der Waals surface area (Å²) < 4.78 is 6.00. The first-order valence-corrected chi connectivity index (χ1v) is 6.61. The number of benzene rings is 1. The molecule has 2 N–H and O–H groups in total. The zero-order valence-electron chi connectivity index (χ0n) is 10.8. The Morgan fingerprint density at radius 1 is 1.47 bits per heavy atom. The number of amides is 1. The van der Waals surface area contributed by atoms with Crippen LogP contribution in [0.4, 0.5) is 0 Å². The van der Waals surface area contributed by atoms with Crippen molar-refractivity contribution >= 4 is 27.8 Å².